The number of carbonyl (C=O) groups excluding carboxylic acids is 2. The third-order valence-electron chi connectivity index (χ3n) is 3.83. The molecule has 4 rings (SSSR count). The molecular weight excluding hydrogens is 468 g/mol. The zero-order valence-electron chi connectivity index (χ0n) is 19.6. The minimum atomic E-state index is -0.116. The van der Waals surface area contributed by atoms with Crippen molar-refractivity contribution in [3.63, 3.8) is 0 Å². The van der Waals surface area contributed by atoms with Crippen molar-refractivity contribution in [2.45, 2.75) is 13.7 Å². The maximum Gasteiger partial charge on any atom is 1.00 e. The fraction of sp³-hybridized carbons (Fsp3) is 0.250. The fourth-order valence-electron chi connectivity index (χ4n) is 2.73. The van der Waals surface area contributed by atoms with E-state index in [0.717, 1.165) is 25.1 Å². The maximum absolute atomic E-state index is 13.0. The van der Waals surface area contributed by atoms with Crippen LogP contribution in [0, 0.1) is 6.92 Å². The summed E-state index contributed by atoms with van der Waals surface area (Å²) in [7, 11) is 3.13. The first-order chi connectivity index (χ1) is 15.2. The van der Waals surface area contributed by atoms with E-state index in [4.69, 9.17) is 19.7 Å². The summed E-state index contributed by atoms with van der Waals surface area (Å²) in [6.07, 6.45) is 1.81. The van der Waals surface area contributed by atoms with Crippen LogP contribution < -0.4 is 69.3 Å². The van der Waals surface area contributed by atoms with E-state index in [2.05, 4.69) is 20.2 Å². The largest absolute Gasteiger partial charge is 1.00 e. The Morgan fingerprint density at radius 1 is 1.15 bits per heavy atom. The zero-order chi connectivity index (χ0) is 23.4. The molecule has 0 aliphatic carbocycles. The number of thiazole rings is 1. The van der Waals surface area contributed by atoms with Gasteiger partial charge in [-0.3, -0.25) is 9.89 Å². The number of ketones is 1. The van der Waals surface area contributed by atoms with E-state index in [1.807, 2.05) is 48.7 Å². The number of rotatable bonds is 5. The number of nitrogens with one attached hydrogen (secondary N) is 1. The molecule has 0 saturated heterocycles. The van der Waals surface area contributed by atoms with E-state index in [-0.39, 0.29) is 64.9 Å². The summed E-state index contributed by atoms with van der Waals surface area (Å²) < 4.78 is 7.13. The van der Waals surface area contributed by atoms with Crippen molar-refractivity contribution in [1.82, 2.24) is 24.7 Å². The molecule has 33 heavy (non-hydrogen) atoms. The molecule has 10 nitrogen and oxygen atoms in total. The van der Waals surface area contributed by atoms with Crippen LogP contribution in [0.4, 0.5) is 0 Å². The SMILES string of the molecule is C=O.COCn1cc(C(=O)c2nc(-c3n[nH]c(C)n3)cs2)c2ccccc21.C[O-].C[O-].[Na+].[Na+]. The molecule has 0 radical (unpaired) electrons. The van der Waals surface area contributed by atoms with Gasteiger partial charge in [0, 0.05) is 24.1 Å². The summed E-state index contributed by atoms with van der Waals surface area (Å²) in [5, 5.41) is 26.5. The number of hydrogen-bond acceptors (Lipinski definition) is 9. The van der Waals surface area contributed by atoms with Gasteiger partial charge in [-0.2, -0.15) is 19.3 Å². The van der Waals surface area contributed by atoms with Crippen LogP contribution in [-0.2, 0) is 16.3 Å². The molecule has 0 amide bonds. The van der Waals surface area contributed by atoms with Crippen molar-refractivity contribution in [1.29, 1.82) is 0 Å². The van der Waals surface area contributed by atoms with Crippen LogP contribution in [0.2, 0.25) is 0 Å². The molecule has 0 saturated carbocycles. The van der Waals surface area contributed by atoms with Crippen molar-refractivity contribution in [3.05, 3.63) is 52.2 Å². The van der Waals surface area contributed by atoms with Crippen LogP contribution in [0.25, 0.3) is 22.4 Å². The van der Waals surface area contributed by atoms with Gasteiger partial charge >= 0.3 is 59.1 Å². The smallest absolute Gasteiger partial charge is 0.857 e. The maximum atomic E-state index is 13.0. The number of para-hydroxylation sites is 1. The number of hydrogen-bond donors (Lipinski definition) is 1. The number of aromatic nitrogens is 5. The van der Waals surface area contributed by atoms with Crippen LogP contribution in [0.5, 0.6) is 0 Å². The van der Waals surface area contributed by atoms with Crippen molar-refractivity contribution in [2.24, 2.45) is 0 Å². The van der Waals surface area contributed by atoms with E-state index < -0.39 is 0 Å². The fourth-order valence-corrected chi connectivity index (χ4v) is 3.48. The molecule has 0 fully saturated rings. The molecule has 0 aliphatic rings. The van der Waals surface area contributed by atoms with Gasteiger partial charge in [0.05, 0.1) is 11.1 Å². The van der Waals surface area contributed by atoms with Gasteiger partial charge < -0.3 is 24.3 Å². The minimum Gasteiger partial charge on any atom is -0.857 e. The number of H-pyrrole nitrogens is 1. The molecule has 0 aliphatic heterocycles. The van der Waals surface area contributed by atoms with Gasteiger partial charge in [0.2, 0.25) is 11.6 Å². The summed E-state index contributed by atoms with van der Waals surface area (Å²) in [4.78, 5) is 29.6. The molecule has 3 heterocycles. The van der Waals surface area contributed by atoms with Crippen molar-refractivity contribution in [2.75, 3.05) is 21.3 Å². The van der Waals surface area contributed by atoms with Crippen LogP contribution in [0.3, 0.4) is 0 Å². The normalized spacial score (nSPS) is 9.03. The number of aryl methyl sites for hydroxylation is 1. The Kier molecular flexibility index (Phi) is 18.6. The summed E-state index contributed by atoms with van der Waals surface area (Å²) in [5.41, 5.74) is 2.16. The second-order valence-electron chi connectivity index (χ2n) is 5.56. The third kappa shape index (κ3) is 8.48. The topological polar surface area (TPSA) is 149 Å². The van der Waals surface area contributed by atoms with Crippen molar-refractivity contribution >= 4 is 34.8 Å². The number of ether oxygens (including phenoxy) is 1. The van der Waals surface area contributed by atoms with Gasteiger partial charge in [-0.1, -0.05) is 18.2 Å². The zero-order valence-corrected chi connectivity index (χ0v) is 24.4. The molecule has 4 aromatic rings. The summed E-state index contributed by atoms with van der Waals surface area (Å²) in [5.74, 6) is 1.09. The number of benzene rings is 1. The van der Waals surface area contributed by atoms with E-state index >= 15 is 0 Å². The molecule has 3 aromatic heterocycles. The summed E-state index contributed by atoms with van der Waals surface area (Å²) >= 11 is 1.29. The first-order valence-corrected chi connectivity index (χ1v) is 9.62. The predicted octanol–water partition coefficient (Wildman–Crippen LogP) is -5.20. The first-order valence-electron chi connectivity index (χ1n) is 8.74. The van der Waals surface area contributed by atoms with Crippen molar-refractivity contribution in [3.8, 4) is 11.5 Å². The minimum absolute atomic E-state index is 0. The average Bonchev–Trinajstić information content (AvgIpc) is 3.57. The third-order valence-corrected chi connectivity index (χ3v) is 4.67. The van der Waals surface area contributed by atoms with Crippen LogP contribution >= 0.6 is 11.3 Å². The van der Waals surface area contributed by atoms with Gasteiger partial charge in [-0.15, -0.1) is 11.3 Å². The average molecular weight is 491 g/mol. The number of carbonyl (C=O) groups is 2. The molecule has 0 atom stereocenters. The summed E-state index contributed by atoms with van der Waals surface area (Å²) in [6, 6.07) is 7.76. The number of aromatic amines is 1. The summed E-state index contributed by atoms with van der Waals surface area (Å²) in [6.45, 7) is 4.20. The van der Waals surface area contributed by atoms with Gasteiger partial charge in [-0.05, 0) is 13.0 Å². The van der Waals surface area contributed by atoms with E-state index in [1.54, 1.807) is 12.5 Å². The molecule has 1 aromatic carbocycles. The molecule has 13 heteroatoms. The number of nitrogens with zero attached hydrogens (tertiary/aromatic N) is 4. The number of methoxy groups -OCH3 is 1. The monoisotopic (exact) mass is 491 g/mol. The molecule has 166 valence electrons. The second kappa shape index (κ2) is 18.1. The Bertz CT molecular complexity index is 1100. The number of fused-ring (bicyclic) bond motifs is 1. The Morgan fingerprint density at radius 2 is 1.79 bits per heavy atom. The quantitative estimate of drug-likeness (QED) is 0.215. The van der Waals surface area contributed by atoms with Crippen LogP contribution in [0.1, 0.15) is 21.2 Å². The molecular formula is C20H23N5Na2O5S. The second-order valence-corrected chi connectivity index (χ2v) is 6.42. The first kappa shape index (κ1) is 33.9. The van der Waals surface area contributed by atoms with E-state index in [1.165, 1.54) is 11.3 Å². The van der Waals surface area contributed by atoms with Crippen LogP contribution in [-0.4, -0.2) is 58.6 Å². The Hall–Kier alpha value is -1.25. The molecule has 0 unspecified atom stereocenters. The van der Waals surface area contributed by atoms with Crippen LogP contribution in [0.15, 0.2) is 35.8 Å². The molecule has 0 bridgehead atoms. The van der Waals surface area contributed by atoms with Gasteiger partial charge in [0.1, 0.15) is 25.0 Å². The Morgan fingerprint density at radius 3 is 2.36 bits per heavy atom. The predicted molar refractivity (Wildman–Crippen MR) is 114 cm³/mol. The van der Waals surface area contributed by atoms with Gasteiger partial charge in [0.25, 0.3) is 0 Å². The van der Waals surface area contributed by atoms with Crippen molar-refractivity contribution < 1.29 is 83.7 Å². The Balaban J connectivity index is 0. The van der Waals surface area contributed by atoms with E-state index in [0.29, 0.717) is 34.6 Å². The molecule has 0 spiro atoms. The standard InChI is InChI=1S/C17H15N5O2S.2CH3O.CH2O.2Na/c1-10-18-16(21-20-10)13-8-25-17(19-13)15(23)12-7-22(9-24-2)14-6-4-3-5-11(12)14;3*1-2;;/h3-8H,9H2,1-2H3,(H,18,20,21);2*1H3;1H2;;/q;2*-1;;2*+1. The van der Waals surface area contributed by atoms with Gasteiger partial charge in [0.15, 0.2) is 5.01 Å². The Labute approximate surface area is 240 Å². The van der Waals surface area contributed by atoms with Gasteiger partial charge in [-0.25, -0.2) is 9.97 Å². The van der Waals surface area contributed by atoms with E-state index in [9.17, 15) is 4.79 Å². The molecule has 1 N–H and O–H groups in total.